The monoisotopic (exact) mass is 290 g/mol. The van der Waals surface area contributed by atoms with E-state index in [9.17, 15) is 4.79 Å². The summed E-state index contributed by atoms with van der Waals surface area (Å²) >= 11 is 0. The number of benzene rings is 1. The van der Waals surface area contributed by atoms with Crippen LogP contribution >= 0.6 is 0 Å². The van der Waals surface area contributed by atoms with E-state index >= 15 is 0 Å². The van der Waals surface area contributed by atoms with Crippen molar-refractivity contribution >= 4 is 5.91 Å². The van der Waals surface area contributed by atoms with Gasteiger partial charge in [0.2, 0.25) is 5.91 Å². The number of aryl methyl sites for hydroxylation is 2. The lowest BCUT2D eigenvalue weighted by molar-refractivity contribution is -0.122. The van der Waals surface area contributed by atoms with E-state index in [0.717, 1.165) is 12.8 Å². The summed E-state index contributed by atoms with van der Waals surface area (Å²) < 4.78 is 0. The standard InChI is InChI=1S/C18H30N2O/c1-13-6-7-14(2)16(12-13)15(3)20-17(21)8-9-18(4,5)10-11-19/h6-7,12,15H,8-11,19H2,1-5H3,(H,20,21). The minimum absolute atomic E-state index is 0.0509. The lowest BCUT2D eigenvalue weighted by atomic mass is 9.84. The third kappa shape index (κ3) is 5.88. The number of hydrogen-bond acceptors (Lipinski definition) is 2. The van der Waals surface area contributed by atoms with Crippen molar-refractivity contribution < 1.29 is 4.79 Å². The second-order valence-corrected chi connectivity index (χ2v) is 6.85. The molecule has 21 heavy (non-hydrogen) atoms. The summed E-state index contributed by atoms with van der Waals surface area (Å²) in [5, 5.41) is 3.11. The Balaban J connectivity index is 2.56. The zero-order valence-electron chi connectivity index (χ0n) is 14.1. The molecule has 0 spiro atoms. The van der Waals surface area contributed by atoms with Crippen molar-refractivity contribution in [1.29, 1.82) is 0 Å². The molecule has 118 valence electrons. The van der Waals surface area contributed by atoms with Crippen LogP contribution in [0.5, 0.6) is 0 Å². The van der Waals surface area contributed by atoms with Crippen molar-refractivity contribution in [2.24, 2.45) is 11.1 Å². The highest BCUT2D eigenvalue weighted by atomic mass is 16.1. The molecule has 0 aliphatic carbocycles. The van der Waals surface area contributed by atoms with Gasteiger partial charge in [-0.1, -0.05) is 37.6 Å². The van der Waals surface area contributed by atoms with Crippen LogP contribution in [-0.4, -0.2) is 12.5 Å². The molecule has 0 heterocycles. The predicted octanol–water partition coefficient (Wildman–Crippen LogP) is 3.64. The molecule has 0 saturated carbocycles. The molecule has 1 unspecified atom stereocenters. The normalized spacial score (nSPS) is 13.0. The maximum atomic E-state index is 12.1. The van der Waals surface area contributed by atoms with Gasteiger partial charge in [-0.3, -0.25) is 4.79 Å². The Morgan fingerprint density at radius 1 is 1.29 bits per heavy atom. The fourth-order valence-electron chi connectivity index (χ4n) is 2.59. The largest absolute Gasteiger partial charge is 0.350 e. The zero-order chi connectivity index (χ0) is 16.0. The van der Waals surface area contributed by atoms with Gasteiger partial charge < -0.3 is 11.1 Å². The van der Waals surface area contributed by atoms with Crippen molar-refractivity contribution in [3.8, 4) is 0 Å². The average Bonchev–Trinajstić information content (AvgIpc) is 2.39. The van der Waals surface area contributed by atoms with Crippen LogP contribution in [0.1, 0.15) is 62.8 Å². The first kappa shape index (κ1) is 17.7. The van der Waals surface area contributed by atoms with Crippen LogP contribution in [0.4, 0.5) is 0 Å². The maximum Gasteiger partial charge on any atom is 0.220 e. The molecule has 3 nitrogen and oxygen atoms in total. The molecule has 3 N–H and O–H groups in total. The minimum atomic E-state index is 0.0509. The SMILES string of the molecule is Cc1ccc(C)c(C(C)NC(=O)CCC(C)(C)CCN)c1. The molecule has 1 atom stereocenters. The third-order valence-corrected chi connectivity index (χ3v) is 4.13. The Morgan fingerprint density at radius 3 is 2.57 bits per heavy atom. The van der Waals surface area contributed by atoms with E-state index in [1.54, 1.807) is 0 Å². The summed E-state index contributed by atoms with van der Waals surface area (Å²) in [6.07, 6.45) is 2.38. The molecule has 1 amide bonds. The van der Waals surface area contributed by atoms with Gasteiger partial charge >= 0.3 is 0 Å². The first-order valence-electron chi connectivity index (χ1n) is 7.82. The van der Waals surface area contributed by atoms with Crippen LogP contribution in [0.3, 0.4) is 0 Å². The lowest BCUT2D eigenvalue weighted by Gasteiger charge is -2.24. The van der Waals surface area contributed by atoms with E-state index in [4.69, 9.17) is 5.73 Å². The third-order valence-electron chi connectivity index (χ3n) is 4.13. The number of nitrogens with one attached hydrogen (secondary N) is 1. The number of carbonyl (C=O) groups excluding carboxylic acids is 1. The Hall–Kier alpha value is -1.35. The molecular weight excluding hydrogens is 260 g/mol. The van der Waals surface area contributed by atoms with E-state index in [2.05, 4.69) is 51.2 Å². The van der Waals surface area contributed by atoms with E-state index in [1.807, 2.05) is 6.92 Å². The molecule has 3 heteroatoms. The minimum Gasteiger partial charge on any atom is -0.350 e. The van der Waals surface area contributed by atoms with Crippen LogP contribution in [0.25, 0.3) is 0 Å². The van der Waals surface area contributed by atoms with Crippen molar-refractivity contribution in [2.75, 3.05) is 6.54 Å². The van der Waals surface area contributed by atoms with E-state index in [1.165, 1.54) is 16.7 Å². The molecule has 0 saturated heterocycles. The van der Waals surface area contributed by atoms with Crippen LogP contribution in [0.15, 0.2) is 18.2 Å². The van der Waals surface area contributed by atoms with E-state index < -0.39 is 0 Å². The number of rotatable bonds is 7. The Morgan fingerprint density at radius 2 is 1.95 bits per heavy atom. The van der Waals surface area contributed by atoms with Crippen molar-refractivity contribution in [1.82, 2.24) is 5.32 Å². The molecule has 1 rings (SSSR count). The number of hydrogen-bond donors (Lipinski definition) is 2. The van der Waals surface area contributed by atoms with Crippen molar-refractivity contribution in [3.63, 3.8) is 0 Å². The zero-order valence-corrected chi connectivity index (χ0v) is 14.1. The van der Waals surface area contributed by atoms with Gasteiger partial charge in [-0.15, -0.1) is 0 Å². The van der Waals surface area contributed by atoms with E-state index in [-0.39, 0.29) is 17.4 Å². The summed E-state index contributed by atoms with van der Waals surface area (Å²) in [7, 11) is 0. The Kier molecular flexibility index (Phi) is 6.41. The summed E-state index contributed by atoms with van der Waals surface area (Å²) in [5.41, 5.74) is 9.38. The van der Waals surface area contributed by atoms with Gasteiger partial charge in [0.15, 0.2) is 0 Å². The fourth-order valence-corrected chi connectivity index (χ4v) is 2.59. The first-order valence-corrected chi connectivity index (χ1v) is 7.82. The molecule has 0 fully saturated rings. The first-order chi connectivity index (χ1) is 9.75. The quantitative estimate of drug-likeness (QED) is 0.805. The highest BCUT2D eigenvalue weighted by Crippen LogP contribution is 2.26. The van der Waals surface area contributed by atoms with Gasteiger partial charge in [-0.2, -0.15) is 0 Å². The van der Waals surface area contributed by atoms with Crippen LogP contribution in [-0.2, 0) is 4.79 Å². The second-order valence-electron chi connectivity index (χ2n) is 6.85. The van der Waals surface area contributed by atoms with Gasteiger partial charge in [0, 0.05) is 6.42 Å². The van der Waals surface area contributed by atoms with E-state index in [0.29, 0.717) is 13.0 Å². The van der Waals surface area contributed by atoms with Crippen LogP contribution in [0, 0.1) is 19.3 Å². The number of nitrogens with two attached hydrogens (primary N) is 1. The smallest absolute Gasteiger partial charge is 0.220 e. The molecule has 0 aliphatic heterocycles. The number of carbonyl (C=O) groups is 1. The molecular formula is C18H30N2O. The Bertz CT molecular complexity index is 480. The van der Waals surface area contributed by atoms with Crippen molar-refractivity contribution in [3.05, 3.63) is 34.9 Å². The topological polar surface area (TPSA) is 55.1 Å². The van der Waals surface area contributed by atoms with Crippen LogP contribution < -0.4 is 11.1 Å². The summed E-state index contributed by atoms with van der Waals surface area (Å²) in [5.74, 6) is 0.119. The van der Waals surface area contributed by atoms with Crippen molar-refractivity contribution in [2.45, 2.75) is 59.9 Å². The second kappa shape index (κ2) is 7.60. The molecule has 0 aliphatic rings. The molecule has 0 aromatic heterocycles. The van der Waals surface area contributed by atoms with Gasteiger partial charge in [-0.05, 0) is 56.7 Å². The lowest BCUT2D eigenvalue weighted by Crippen LogP contribution is -2.28. The van der Waals surface area contributed by atoms with Gasteiger partial charge in [0.1, 0.15) is 0 Å². The number of amides is 1. The van der Waals surface area contributed by atoms with Crippen LogP contribution in [0.2, 0.25) is 0 Å². The molecule has 0 bridgehead atoms. The Labute approximate surface area is 129 Å². The fraction of sp³-hybridized carbons (Fsp3) is 0.611. The predicted molar refractivity (Wildman–Crippen MR) is 89.2 cm³/mol. The maximum absolute atomic E-state index is 12.1. The summed E-state index contributed by atoms with van der Waals surface area (Å²) in [6, 6.07) is 6.41. The highest BCUT2D eigenvalue weighted by molar-refractivity contribution is 5.76. The average molecular weight is 290 g/mol. The molecule has 1 aromatic rings. The van der Waals surface area contributed by atoms with Gasteiger partial charge in [0.05, 0.1) is 6.04 Å². The molecule has 0 radical (unpaired) electrons. The molecule has 1 aromatic carbocycles. The van der Waals surface area contributed by atoms with Gasteiger partial charge in [0.25, 0.3) is 0 Å². The van der Waals surface area contributed by atoms with Gasteiger partial charge in [-0.25, -0.2) is 0 Å². The summed E-state index contributed by atoms with van der Waals surface area (Å²) in [4.78, 5) is 12.1. The summed E-state index contributed by atoms with van der Waals surface area (Å²) in [6.45, 7) is 11.2. The highest BCUT2D eigenvalue weighted by Gasteiger charge is 2.19.